The third-order valence-corrected chi connectivity index (χ3v) is 6.14. The highest BCUT2D eigenvalue weighted by Crippen LogP contribution is 2.40. The topological polar surface area (TPSA) is 102 Å². The molecule has 1 fully saturated rings. The van der Waals surface area contributed by atoms with E-state index in [2.05, 4.69) is 22.2 Å². The average Bonchev–Trinajstić information content (AvgIpc) is 3.15. The monoisotopic (exact) mass is 369 g/mol. The van der Waals surface area contributed by atoms with Gasteiger partial charge in [-0.05, 0) is 30.2 Å². The maximum Gasteiger partial charge on any atom is 0.258 e. The highest BCUT2D eigenvalue weighted by Gasteiger charge is 2.41. The van der Waals surface area contributed by atoms with Crippen LogP contribution in [-0.4, -0.2) is 29.0 Å². The number of nitrogens with one attached hydrogen (secondary N) is 2. The minimum atomic E-state index is -0.939. The first-order chi connectivity index (χ1) is 12.6. The van der Waals surface area contributed by atoms with Crippen molar-refractivity contribution >= 4 is 29.0 Å². The lowest BCUT2D eigenvalue weighted by atomic mass is 9.83. The molecule has 0 bridgehead atoms. The van der Waals surface area contributed by atoms with Crippen molar-refractivity contribution < 1.29 is 4.79 Å². The molecule has 2 atom stereocenters. The molecule has 134 valence electrons. The van der Waals surface area contributed by atoms with Crippen molar-refractivity contribution in [1.82, 2.24) is 9.97 Å². The van der Waals surface area contributed by atoms with Crippen LogP contribution in [0.2, 0.25) is 0 Å². The first-order valence-corrected chi connectivity index (χ1v) is 9.59. The molecule has 0 aliphatic carbocycles. The van der Waals surface area contributed by atoms with E-state index in [-0.39, 0.29) is 11.4 Å². The van der Waals surface area contributed by atoms with Gasteiger partial charge in [0.2, 0.25) is 11.9 Å². The molecule has 0 saturated carbocycles. The normalized spacial score (nSPS) is 23.2. The summed E-state index contributed by atoms with van der Waals surface area (Å²) in [7, 11) is 0. The van der Waals surface area contributed by atoms with E-state index in [1.165, 1.54) is 11.3 Å². The number of aromatic amines is 1. The van der Waals surface area contributed by atoms with E-state index in [0.29, 0.717) is 17.4 Å². The second-order valence-corrected chi connectivity index (χ2v) is 7.89. The second kappa shape index (κ2) is 6.57. The average molecular weight is 369 g/mol. The van der Waals surface area contributed by atoms with Crippen molar-refractivity contribution in [3.63, 3.8) is 0 Å². The van der Waals surface area contributed by atoms with Crippen LogP contribution in [0.15, 0.2) is 22.3 Å². The van der Waals surface area contributed by atoms with E-state index >= 15 is 0 Å². The molecular weight excluding hydrogens is 350 g/mol. The van der Waals surface area contributed by atoms with Crippen LogP contribution < -0.4 is 15.8 Å². The quantitative estimate of drug-likeness (QED) is 0.846. The van der Waals surface area contributed by atoms with Crippen LogP contribution in [0.1, 0.15) is 36.1 Å². The highest BCUT2D eigenvalue weighted by molar-refractivity contribution is 7.10. The molecule has 4 heterocycles. The van der Waals surface area contributed by atoms with Gasteiger partial charge in [0, 0.05) is 18.0 Å². The zero-order valence-electron chi connectivity index (χ0n) is 14.4. The van der Waals surface area contributed by atoms with Crippen LogP contribution in [0.3, 0.4) is 0 Å². The molecule has 2 aromatic rings. The smallest absolute Gasteiger partial charge is 0.258 e. The van der Waals surface area contributed by atoms with Gasteiger partial charge in [0.05, 0.1) is 17.6 Å². The Morgan fingerprint density at radius 2 is 2.12 bits per heavy atom. The Hall–Kier alpha value is -2.66. The molecule has 2 N–H and O–H groups in total. The van der Waals surface area contributed by atoms with Crippen molar-refractivity contribution in [2.45, 2.75) is 25.7 Å². The fourth-order valence-corrected chi connectivity index (χ4v) is 4.52. The van der Waals surface area contributed by atoms with E-state index < -0.39 is 17.7 Å². The number of carbonyl (C=O) groups is 1. The lowest BCUT2D eigenvalue weighted by molar-refractivity contribution is -0.119. The summed E-state index contributed by atoms with van der Waals surface area (Å²) in [5.74, 6) is -0.510. The van der Waals surface area contributed by atoms with Crippen molar-refractivity contribution in [2.75, 3.05) is 23.3 Å². The summed E-state index contributed by atoms with van der Waals surface area (Å²) in [5, 5.41) is 14.0. The molecule has 2 unspecified atom stereocenters. The van der Waals surface area contributed by atoms with Gasteiger partial charge in [0.25, 0.3) is 5.56 Å². The van der Waals surface area contributed by atoms with Crippen LogP contribution in [0, 0.1) is 23.2 Å². The Morgan fingerprint density at radius 3 is 2.77 bits per heavy atom. The number of fused-ring (bicyclic) bond motifs is 1. The SMILES string of the molecule is CC1CCN(c2nc3c(c(=O)[nH]2)C(c2cccs2)C(C#N)C(=O)N3)CC1. The number of nitriles is 1. The molecule has 7 nitrogen and oxygen atoms in total. The lowest BCUT2D eigenvalue weighted by Crippen LogP contribution is -2.40. The fraction of sp³-hybridized carbons (Fsp3) is 0.444. The standard InChI is InChI=1S/C18H19N5O2S/c1-10-4-6-23(7-5-10)18-21-15-14(17(25)22-18)13(12-3-2-8-26-12)11(9-19)16(24)20-15/h2-3,8,10-11,13H,4-7H2,1H3,(H2,20,21,22,24,25). The molecule has 0 aromatic carbocycles. The summed E-state index contributed by atoms with van der Waals surface area (Å²) >= 11 is 1.43. The van der Waals surface area contributed by atoms with E-state index in [4.69, 9.17) is 0 Å². The zero-order valence-corrected chi connectivity index (χ0v) is 15.2. The number of carbonyl (C=O) groups excluding carboxylic acids is 1. The maximum atomic E-state index is 12.9. The molecule has 0 spiro atoms. The largest absolute Gasteiger partial charge is 0.342 e. The lowest BCUT2D eigenvalue weighted by Gasteiger charge is -2.32. The van der Waals surface area contributed by atoms with Crippen molar-refractivity contribution in [3.8, 4) is 6.07 Å². The van der Waals surface area contributed by atoms with Crippen LogP contribution in [0.4, 0.5) is 11.8 Å². The van der Waals surface area contributed by atoms with Gasteiger partial charge < -0.3 is 10.2 Å². The number of aromatic nitrogens is 2. The summed E-state index contributed by atoms with van der Waals surface area (Å²) in [6, 6.07) is 5.75. The van der Waals surface area contributed by atoms with Crippen LogP contribution >= 0.6 is 11.3 Å². The van der Waals surface area contributed by atoms with E-state index in [1.54, 1.807) is 0 Å². The number of anilines is 2. The van der Waals surface area contributed by atoms with Crippen LogP contribution in [0.25, 0.3) is 0 Å². The van der Waals surface area contributed by atoms with Crippen molar-refractivity contribution in [2.24, 2.45) is 11.8 Å². The number of nitrogens with zero attached hydrogens (tertiary/aromatic N) is 3. The van der Waals surface area contributed by atoms with Crippen molar-refractivity contribution in [3.05, 3.63) is 38.3 Å². The highest BCUT2D eigenvalue weighted by atomic mass is 32.1. The van der Waals surface area contributed by atoms with Gasteiger partial charge in [-0.15, -0.1) is 11.3 Å². The molecule has 2 aliphatic heterocycles. The van der Waals surface area contributed by atoms with E-state index in [9.17, 15) is 14.9 Å². The molecule has 2 aromatic heterocycles. The van der Waals surface area contributed by atoms with E-state index in [1.807, 2.05) is 28.5 Å². The Morgan fingerprint density at radius 1 is 1.35 bits per heavy atom. The predicted octanol–water partition coefficient (Wildman–Crippen LogP) is 2.29. The molecule has 4 rings (SSSR count). The second-order valence-electron chi connectivity index (χ2n) is 6.91. The first kappa shape index (κ1) is 16.8. The van der Waals surface area contributed by atoms with Gasteiger partial charge in [-0.2, -0.15) is 10.2 Å². The number of rotatable bonds is 2. The molecule has 2 aliphatic rings. The first-order valence-electron chi connectivity index (χ1n) is 8.71. The summed E-state index contributed by atoms with van der Waals surface area (Å²) in [5.41, 5.74) is 0.0787. The van der Waals surface area contributed by atoms with Crippen LogP contribution in [-0.2, 0) is 4.79 Å². The fourth-order valence-electron chi connectivity index (χ4n) is 3.64. The third kappa shape index (κ3) is 2.78. The molecule has 1 amide bonds. The van der Waals surface area contributed by atoms with Gasteiger partial charge in [0.15, 0.2) is 0 Å². The predicted molar refractivity (Wildman–Crippen MR) is 99.4 cm³/mol. The molecule has 0 radical (unpaired) electrons. The van der Waals surface area contributed by atoms with Gasteiger partial charge in [0.1, 0.15) is 11.7 Å². The summed E-state index contributed by atoms with van der Waals surface area (Å²) < 4.78 is 0. The minimum absolute atomic E-state index is 0.275. The summed E-state index contributed by atoms with van der Waals surface area (Å²) in [6.07, 6.45) is 2.09. The maximum absolute atomic E-state index is 12.9. The Balaban J connectivity index is 1.79. The Labute approximate surface area is 154 Å². The number of H-pyrrole nitrogens is 1. The van der Waals surface area contributed by atoms with Crippen LogP contribution in [0.5, 0.6) is 0 Å². The Bertz CT molecular complexity index is 922. The number of hydrogen-bond donors (Lipinski definition) is 2. The molecular formula is C18H19N5O2S. The van der Waals surface area contributed by atoms with E-state index in [0.717, 1.165) is 30.8 Å². The number of amides is 1. The third-order valence-electron chi connectivity index (χ3n) is 5.18. The number of thiophene rings is 1. The number of piperidine rings is 1. The van der Waals surface area contributed by atoms with Gasteiger partial charge in [-0.25, -0.2) is 0 Å². The molecule has 1 saturated heterocycles. The van der Waals surface area contributed by atoms with Gasteiger partial charge in [-0.3, -0.25) is 14.6 Å². The molecule has 26 heavy (non-hydrogen) atoms. The van der Waals surface area contributed by atoms with Gasteiger partial charge in [-0.1, -0.05) is 13.0 Å². The zero-order chi connectivity index (χ0) is 18.3. The summed E-state index contributed by atoms with van der Waals surface area (Å²) in [6.45, 7) is 3.87. The summed E-state index contributed by atoms with van der Waals surface area (Å²) in [4.78, 5) is 35.6. The van der Waals surface area contributed by atoms with Crippen molar-refractivity contribution in [1.29, 1.82) is 5.26 Å². The van der Waals surface area contributed by atoms with Gasteiger partial charge >= 0.3 is 0 Å². The molecule has 8 heteroatoms. The minimum Gasteiger partial charge on any atom is -0.342 e. The Kier molecular flexibility index (Phi) is 4.24. The number of hydrogen-bond acceptors (Lipinski definition) is 6.